The maximum Gasteiger partial charge on any atom is 0.319 e. The minimum Gasteiger partial charge on any atom is -0.457 e. The molecule has 2 N–H and O–H groups in total. The third-order valence-electron chi connectivity index (χ3n) is 4.34. The molecule has 0 radical (unpaired) electrons. The smallest absolute Gasteiger partial charge is 0.319 e. The number of aromatic nitrogens is 2. The Bertz CT molecular complexity index is 1190. The van der Waals surface area contributed by atoms with Crippen LogP contribution in [0.25, 0.3) is 10.6 Å². The first-order valence-electron chi connectivity index (χ1n) is 9.67. The molecule has 4 rings (SSSR count). The first-order chi connectivity index (χ1) is 15.2. The molecule has 156 valence electrons. The number of para-hydroxylation sites is 1. The molecule has 8 heteroatoms. The second-order valence-corrected chi connectivity index (χ2v) is 7.53. The predicted molar refractivity (Wildman–Crippen MR) is 122 cm³/mol. The number of carbonyl (C=O) groups excluding carboxylic acids is 1. The van der Waals surface area contributed by atoms with Gasteiger partial charge in [0.05, 0.1) is 11.4 Å². The SMILES string of the molecule is O=C(NCCn1nc(-c2cccs2)ccc1=O)Nc1ccc(Oc2ccccc2)cc1. The summed E-state index contributed by atoms with van der Waals surface area (Å²) in [6.07, 6.45) is 0. The van der Waals surface area contributed by atoms with Crippen molar-refractivity contribution in [3.8, 4) is 22.1 Å². The van der Waals surface area contributed by atoms with Gasteiger partial charge in [-0.1, -0.05) is 24.3 Å². The standard InChI is InChI=1S/C23H20N4O3S/c28-22-13-12-20(21-7-4-16-31-21)26-27(22)15-14-24-23(29)25-17-8-10-19(11-9-17)30-18-5-2-1-3-6-18/h1-13,16H,14-15H2,(H2,24,25,29). The number of ether oxygens (including phenoxy) is 1. The molecule has 0 aliphatic heterocycles. The van der Waals surface area contributed by atoms with Crippen LogP contribution in [0.5, 0.6) is 11.5 Å². The summed E-state index contributed by atoms with van der Waals surface area (Å²) < 4.78 is 7.09. The van der Waals surface area contributed by atoms with Gasteiger partial charge in [-0.3, -0.25) is 4.79 Å². The van der Waals surface area contributed by atoms with Crippen LogP contribution in [0.2, 0.25) is 0 Å². The van der Waals surface area contributed by atoms with Crippen molar-refractivity contribution in [3.05, 3.63) is 94.6 Å². The van der Waals surface area contributed by atoms with E-state index in [1.807, 2.05) is 47.8 Å². The summed E-state index contributed by atoms with van der Waals surface area (Å²) in [5.41, 5.74) is 1.15. The molecule has 0 bridgehead atoms. The number of anilines is 1. The van der Waals surface area contributed by atoms with E-state index in [0.29, 0.717) is 11.4 Å². The summed E-state index contributed by atoms with van der Waals surface area (Å²) in [5.74, 6) is 1.42. The van der Waals surface area contributed by atoms with E-state index in [1.165, 1.54) is 10.7 Å². The monoisotopic (exact) mass is 432 g/mol. The zero-order valence-corrected chi connectivity index (χ0v) is 17.3. The highest BCUT2D eigenvalue weighted by atomic mass is 32.1. The van der Waals surface area contributed by atoms with Crippen molar-refractivity contribution in [1.82, 2.24) is 15.1 Å². The summed E-state index contributed by atoms with van der Waals surface area (Å²) in [5, 5.41) is 11.8. The molecule has 2 aromatic carbocycles. The lowest BCUT2D eigenvalue weighted by molar-refractivity contribution is 0.251. The molecule has 31 heavy (non-hydrogen) atoms. The number of hydrogen-bond donors (Lipinski definition) is 2. The van der Waals surface area contributed by atoms with E-state index in [-0.39, 0.29) is 24.7 Å². The Morgan fingerprint density at radius 1 is 0.935 bits per heavy atom. The predicted octanol–water partition coefficient (Wildman–Crippen LogP) is 4.59. The first-order valence-corrected chi connectivity index (χ1v) is 10.6. The molecule has 0 spiro atoms. The summed E-state index contributed by atoms with van der Waals surface area (Å²) in [6.45, 7) is 0.539. The topological polar surface area (TPSA) is 85.2 Å². The zero-order valence-electron chi connectivity index (χ0n) is 16.5. The quantitative estimate of drug-likeness (QED) is 0.447. The summed E-state index contributed by atoms with van der Waals surface area (Å²) in [7, 11) is 0. The molecule has 2 aromatic heterocycles. The average Bonchev–Trinajstić information content (AvgIpc) is 3.32. The van der Waals surface area contributed by atoms with Gasteiger partial charge in [0.2, 0.25) is 0 Å². The van der Waals surface area contributed by atoms with Crippen LogP contribution in [0.3, 0.4) is 0 Å². The van der Waals surface area contributed by atoms with Crippen molar-refractivity contribution in [3.63, 3.8) is 0 Å². The van der Waals surface area contributed by atoms with Gasteiger partial charge in [0.25, 0.3) is 5.56 Å². The van der Waals surface area contributed by atoms with Crippen LogP contribution in [0.1, 0.15) is 0 Å². The lowest BCUT2D eigenvalue weighted by Gasteiger charge is -2.10. The third-order valence-corrected chi connectivity index (χ3v) is 5.23. The fourth-order valence-electron chi connectivity index (χ4n) is 2.85. The Balaban J connectivity index is 1.28. The fraction of sp³-hybridized carbons (Fsp3) is 0.0870. The first kappa shape index (κ1) is 20.4. The van der Waals surface area contributed by atoms with Crippen LogP contribution in [-0.2, 0) is 6.54 Å². The van der Waals surface area contributed by atoms with E-state index in [0.717, 1.165) is 16.3 Å². The van der Waals surface area contributed by atoms with Gasteiger partial charge in [0.1, 0.15) is 17.2 Å². The van der Waals surface area contributed by atoms with Crippen LogP contribution in [0.4, 0.5) is 10.5 Å². The Hall–Kier alpha value is -3.91. The minimum absolute atomic E-state index is 0.212. The normalized spacial score (nSPS) is 10.5. The minimum atomic E-state index is -0.362. The Labute approximate surface area is 182 Å². The molecule has 7 nitrogen and oxygen atoms in total. The van der Waals surface area contributed by atoms with Crippen molar-refractivity contribution in [2.75, 3.05) is 11.9 Å². The van der Waals surface area contributed by atoms with Gasteiger partial charge in [-0.05, 0) is 53.9 Å². The van der Waals surface area contributed by atoms with Crippen molar-refractivity contribution >= 4 is 23.1 Å². The molecule has 4 aromatic rings. The number of hydrogen-bond acceptors (Lipinski definition) is 5. The van der Waals surface area contributed by atoms with Gasteiger partial charge in [0, 0.05) is 18.3 Å². The third kappa shape index (κ3) is 5.58. The molecule has 0 atom stereocenters. The van der Waals surface area contributed by atoms with Crippen LogP contribution in [0, 0.1) is 0 Å². The zero-order chi connectivity index (χ0) is 21.5. The molecule has 0 saturated carbocycles. The summed E-state index contributed by atoms with van der Waals surface area (Å²) in [6, 6.07) is 23.3. The molecule has 0 aliphatic rings. The highest BCUT2D eigenvalue weighted by Crippen LogP contribution is 2.23. The molecule has 0 unspecified atom stereocenters. The van der Waals surface area contributed by atoms with Gasteiger partial charge in [-0.25, -0.2) is 9.48 Å². The highest BCUT2D eigenvalue weighted by Gasteiger charge is 2.06. The summed E-state index contributed by atoms with van der Waals surface area (Å²) in [4.78, 5) is 25.2. The number of nitrogens with one attached hydrogen (secondary N) is 2. The number of benzene rings is 2. The van der Waals surface area contributed by atoms with Crippen molar-refractivity contribution in [1.29, 1.82) is 0 Å². The van der Waals surface area contributed by atoms with E-state index >= 15 is 0 Å². The number of rotatable bonds is 7. The number of nitrogens with zero attached hydrogens (tertiary/aromatic N) is 2. The summed E-state index contributed by atoms with van der Waals surface area (Å²) >= 11 is 1.56. The molecule has 0 saturated heterocycles. The van der Waals surface area contributed by atoms with Crippen molar-refractivity contribution in [2.24, 2.45) is 0 Å². The van der Waals surface area contributed by atoms with Gasteiger partial charge in [-0.15, -0.1) is 11.3 Å². The molecular weight excluding hydrogens is 412 g/mol. The number of amides is 2. The van der Waals surface area contributed by atoms with Crippen molar-refractivity contribution < 1.29 is 9.53 Å². The molecular formula is C23H20N4O3S. The lowest BCUT2D eigenvalue weighted by Crippen LogP contribution is -2.34. The average molecular weight is 433 g/mol. The number of carbonyl (C=O) groups is 1. The Kier molecular flexibility index (Phi) is 6.39. The fourth-order valence-corrected chi connectivity index (χ4v) is 3.54. The highest BCUT2D eigenvalue weighted by molar-refractivity contribution is 7.13. The maximum atomic E-state index is 12.2. The molecule has 0 fully saturated rings. The molecule has 2 amide bonds. The Morgan fingerprint density at radius 2 is 1.71 bits per heavy atom. The van der Waals surface area contributed by atoms with E-state index < -0.39 is 0 Å². The van der Waals surface area contributed by atoms with Crippen LogP contribution in [-0.4, -0.2) is 22.4 Å². The van der Waals surface area contributed by atoms with E-state index in [9.17, 15) is 9.59 Å². The largest absolute Gasteiger partial charge is 0.457 e. The number of urea groups is 1. The van der Waals surface area contributed by atoms with Crippen LogP contribution < -0.4 is 20.9 Å². The lowest BCUT2D eigenvalue weighted by atomic mass is 10.3. The second-order valence-electron chi connectivity index (χ2n) is 6.58. The second kappa shape index (κ2) is 9.73. The van der Waals surface area contributed by atoms with E-state index in [1.54, 1.807) is 41.7 Å². The van der Waals surface area contributed by atoms with E-state index in [2.05, 4.69) is 15.7 Å². The van der Waals surface area contributed by atoms with Gasteiger partial charge in [-0.2, -0.15) is 5.10 Å². The maximum absolute atomic E-state index is 12.2. The van der Waals surface area contributed by atoms with E-state index in [4.69, 9.17) is 4.74 Å². The van der Waals surface area contributed by atoms with Crippen molar-refractivity contribution in [2.45, 2.75) is 6.54 Å². The van der Waals surface area contributed by atoms with Gasteiger partial charge < -0.3 is 15.4 Å². The molecule has 0 aliphatic carbocycles. The van der Waals surface area contributed by atoms with Crippen LogP contribution >= 0.6 is 11.3 Å². The molecule has 2 heterocycles. The van der Waals surface area contributed by atoms with Crippen LogP contribution in [0.15, 0.2) is 89.0 Å². The van der Waals surface area contributed by atoms with Gasteiger partial charge in [0.15, 0.2) is 0 Å². The Morgan fingerprint density at radius 3 is 2.45 bits per heavy atom. The van der Waals surface area contributed by atoms with Gasteiger partial charge >= 0.3 is 6.03 Å². The number of thiophene rings is 1.